The number of amides is 1. The van der Waals surface area contributed by atoms with Gasteiger partial charge < -0.3 is 15.4 Å². The smallest absolute Gasteiger partial charge is 0.407 e. The van der Waals surface area contributed by atoms with Crippen LogP contribution in [0, 0.1) is 11.6 Å². The van der Waals surface area contributed by atoms with E-state index in [1.807, 2.05) is 20.8 Å². The number of hydrogen-bond acceptors (Lipinski definition) is 5. The number of nitrogens with zero attached hydrogens (tertiary/aromatic N) is 3. The Morgan fingerprint density at radius 2 is 1.74 bits per heavy atom. The molecule has 1 aliphatic rings. The molecule has 0 unspecified atom stereocenters. The molecule has 0 saturated heterocycles. The van der Waals surface area contributed by atoms with Gasteiger partial charge in [0.2, 0.25) is 0 Å². The van der Waals surface area contributed by atoms with Gasteiger partial charge in [-0.05, 0) is 58.6 Å². The van der Waals surface area contributed by atoms with E-state index in [2.05, 4.69) is 20.7 Å². The van der Waals surface area contributed by atoms with E-state index in [0.717, 1.165) is 37.8 Å². The molecule has 182 valence electrons. The molecular formula is C23H25Cl2F2N5O2. The molecule has 1 aromatic carbocycles. The second kappa shape index (κ2) is 9.54. The standard InChI is InChI=1S/C23H25Cl2F2N5O2/c1-23(2,3)34-22(33)30-13-9-7-12(8-10-13)29-20-18(25)19(17-14(26)5-4-6-15(17)27)31-32-16(24)11-28-21(20)32/h4-6,11-13,29H,7-10H2,1-3H3,(H,30,33). The third kappa shape index (κ3) is 5.20. The Bertz CT molecular complexity index is 1200. The molecule has 1 fully saturated rings. The van der Waals surface area contributed by atoms with Gasteiger partial charge in [-0.15, -0.1) is 0 Å². The van der Waals surface area contributed by atoms with Crippen LogP contribution in [0.5, 0.6) is 0 Å². The second-order valence-corrected chi connectivity index (χ2v) is 10.1. The highest BCUT2D eigenvalue weighted by molar-refractivity contribution is 6.36. The van der Waals surface area contributed by atoms with Gasteiger partial charge in [-0.25, -0.2) is 18.6 Å². The summed E-state index contributed by atoms with van der Waals surface area (Å²) in [6.45, 7) is 5.45. The van der Waals surface area contributed by atoms with Gasteiger partial charge in [0.25, 0.3) is 0 Å². The topological polar surface area (TPSA) is 80.5 Å². The van der Waals surface area contributed by atoms with Gasteiger partial charge in [-0.3, -0.25) is 0 Å². The van der Waals surface area contributed by atoms with Gasteiger partial charge in [0.1, 0.15) is 28.6 Å². The molecule has 0 bridgehead atoms. The van der Waals surface area contributed by atoms with Crippen LogP contribution in [0.25, 0.3) is 16.9 Å². The molecule has 2 aromatic heterocycles. The lowest BCUT2D eigenvalue weighted by atomic mass is 9.91. The van der Waals surface area contributed by atoms with Crippen molar-refractivity contribution in [1.82, 2.24) is 19.9 Å². The lowest BCUT2D eigenvalue weighted by Gasteiger charge is -2.31. The number of fused-ring (bicyclic) bond motifs is 1. The molecule has 1 aliphatic carbocycles. The summed E-state index contributed by atoms with van der Waals surface area (Å²) < 4.78 is 35.7. The highest BCUT2D eigenvalue weighted by Crippen LogP contribution is 2.39. The van der Waals surface area contributed by atoms with Crippen molar-refractivity contribution in [3.63, 3.8) is 0 Å². The largest absolute Gasteiger partial charge is 0.444 e. The number of imidazole rings is 1. The molecule has 34 heavy (non-hydrogen) atoms. The van der Waals surface area contributed by atoms with Crippen LogP contribution in [0.4, 0.5) is 19.3 Å². The Balaban J connectivity index is 1.56. The van der Waals surface area contributed by atoms with Crippen LogP contribution in [0.3, 0.4) is 0 Å². The summed E-state index contributed by atoms with van der Waals surface area (Å²) in [5, 5.41) is 10.8. The zero-order chi connectivity index (χ0) is 24.6. The normalized spacial score (nSPS) is 18.7. The number of benzene rings is 1. The van der Waals surface area contributed by atoms with Gasteiger partial charge in [-0.1, -0.05) is 29.3 Å². The van der Waals surface area contributed by atoms with Crippen molar-refractivity contribution in [3.05, 3.63) is 46.2 Å². The molecule has 0 spiro atoms. The molecule has 2 heterocycles. The van der Waals surface area contributed by atoms with Gasteiger partial charge >= 0.3 is 6.09 Å². The first kappa shape index (κ1) is 24.5. The van der Waals surface area contributed by atoms with E-state index in [9.17, 15) is 13.6 Å². The number of halogens is 4. The predicted octanol–water partition coefficient (Wildman–Crippen LogP) is 6.23. The maximum atomic E-state index is 14.5. The lowest BCUT2D eigenvalue weighted by Crippen LogP contribution is -2.42. The fraction of sp³-hybridized carbons (Fsp3) is 0.435. The minimum absolute atomic E-state index is 0.00539. The lowest BCUT2D eigenvalue weighted by molar-refractivity contribution is 0.0492. The van der Waals surface area contributed by atoms with E-state index in [1.165, 1.54) is 16.8 Å². The van der Waals surface area contributed by atoms with E-state index in [0.29, 0.717) is 11.3 Å². The van der Waals surface area contributed by atoms with Crippen molar-refractivity contribution in [3.8, 4) is 11.3 Å². The number of rotatable bonds is 4. The first-order chi connectivity index (χ1) is 16.0. The fourth-order valence-corrected chi connectivity index (χ4v) is 4.46. The van der Waals surface area contributed by atoms with Crippen LogP contribution in [-0.4, -0.2) is 38.4 Å². The summed E-state index contributed by atoms with van der Waals surface area (Å²) in [7, 11) is 0. The summed E-state index contributed by atoms with van der Waals surface area (Å²) in [4.78, 5) is 16.3. The minimum atomic E-state index is -0.787. The van der Waals surface area contributed by atoms with Crippen LogP contribution in [0.15, 0.2) is 24.4 Å². The van der Waals surface area contributed by atoms with E-state index in [-0.39, 0.29) is 33.5 Å². The van der Waals surface area contributed by atoms with Crippen LogP contribution in [0.2, 0.25) is 10.2 Å². The molecule has 7 nitrogen and oxygen atoms in total. The summed E-state index contributed by atoms with van der Waals surface area (Å²) in [5.74, 6) is -1.57. The quantitative estimate of drug-likeness (QED) is 0.433. The summed E-state index contributed by atoms with van der Waals surface area (Å²) in [6, 6.07) is 3.54. The minimum Gasteiger partial charge on any atom is -0.444 e. The van der Waals surface area contributed by atoms with Crippen LogP contribution >= 0.6 is 23.2 Å². The third-order valence-corrected chi connectivity index (χ3v) is 6.17. The summed E-state index contributed by atoms with van der Waals surface area (Å²) in [5.41, 5.74) is -0.234. The van der Waals surface area contributed by atoms with E-state index >= 15 is 0 Å². The Labute approximate surface area is 205 Å². The van der Waals surface area contributed by atoms with Crippen molar-refractivity contribution >= 4 is 40.6 Å². The third-order valence-electron chi connectivity index (χ3n) is 5.54. The highest BCUT2D eigenvalue weighted by atomic mass is 35.5. The zero-order valence-electron chi connectivity index (χ0n) is 19.0. The van der Waals surface area contributed by atoms with Crippen molar-refractivity contribution in [2.45, 2.75) is 64.1 Å². The molecule has 1 amide bonds. The predicted molar refractivity (Wildman–Crippen MR) is 127 cm³/mol. The van der Waals surface area contributed by atoms with Crippen molar-refractivity contribution in [2.75, 3.05) is 5.32 Å². The van der Waals surface area contributed by atoms with Gasteiger partial charge in [-0.2, -0.15) is 9.61 Å². The van der Waals surface area contributed by atoms with Crippen molar-refractivity contribution in [2.24, 2.45) is 0 Å². The van der Waals surface area contributed by atoms with Crippen molar-refractivity contribution in [1.29, 1.82) is 0 Å². The summed E-state index contributed by atoms with van der Waals surface area (Å²) in [6.07, 6.45) is 3.85. The first-order valence-corrected chi connectivity index (χ1v) is 11.7. The first-order valence-electron chi connectivity index (χ1n) is 11.0. The van der Waals surface area contributed by atoms with E-state index in [1.54, 1.807) is 0 Å². The number of hydrogen-bond donors (Lipinski definition) is 2. The van der Waals surface area contributed by atoms with Gasteiger partial charge in [0.15, 0.2) is 10.8 Å². The number of ether oxygens (including phenoxy) is 1. The molecule has 2 N–H and O–H groups in total. The maximum Gasteiger partial charge on any atom is 0.407 e. The number of nitrogens with one attached hydrogen (secondary N) is 2. The number of anilines is 1. The van der Waals surface area contributed by atoms with Gasteiger partial charge in [0, 0.05) is 12.1 Å². The molecule has 4 rings (SSSR count). The molecule has 3 aromatic rings. The van der Waals surface area contributed by atoms with Crippen LogP contribution in [0.1, 0.15) is 46.5 Å². The molecular weight excluding hydrogens is 487 g/mol. The average molecular weight is 512 g/mol. The zero-order valence-corrected chi connectivity index (χ0v) is 20.5. The number of carbonyl (C=O) groups is 1. The van der Waals surface area contributed by atoms with E-state index in [4.69, 9.17) is 27.9 Å². The highest BCUT2D eigenvalue weighted by Gasteiger charge is 2.28. The second-order valence-electron chi connectivity index (χ2n) is 9.29. The molecule has 0 atom stereocenters. The molecule has 0 radical (unpaired) electrons. The SMILES string of the molecule is CC(C)(C)OC(=O)NC1CCC(Nc2c(Cl)c(-c3c(F)cccc3F)nn3c(Cl)cnc23)CC1. The Kier molecular flexibility index (Phi) is 6.87. The van der Waals surface area contributed by atoms with Crippen LogP contribution < -0.4 is 10.6 Å². The van der Waals surface area contributed by atoms with Crippen molar-refractivity contribution < 1.29 is 18.3 Å². The monoisotopic (exact) mass is 511 g/mol. The Morgan fingerprint density at radius 1 is 1.12 bits per heavy atom. The maximum absolute atomic E-state index is 14.5. The summed E-state index contributed by atoms with van der Waals surface area (Å²) >= 11 is 12.8. The fourth-order valence-electron chi connectivity index (χ4n) is 4.02. The van der Waals surface area contributed by atoms with Crippen LogP contribution in [-0.2, 0) is 4.74 Å². The Hall–Kier alpha value is -2.65. The van der Waals surface area contributed by atoms with E-state index < -0.39 is 23.3 Å². The number of alkyl carbamates (subject to hydrolysis) is 1. The molecule has 1 saturated carbocycles. The van der Waals surface area contributed by atoms with Gasteiger partial charge in [0.05, 0.1) is 16.8 Å². The number of aromatic nitrogens is 3. The molecule has 11 heteroatoms. The average Bonchev–Trinajstić information content (AvgIpc) is 3.11. The number of carbonyl (C=O) groups excluding carboxylic acids is 1. The molecule has 0 aliphatic heterocycles. The Morgan fingerprint density at radius 3 is 2.35 bits per heavy atom.